The van der Waals surface area contributed by atoms with E-state index in [1.807, 2.05) is 26.0 Å². The van der Waals surface area contributed by atoms with Crippen LogP contribution in [0.5, 0.6) is 0 Å². The summed E-state index contributed by atoms with van der Waals surface area (Å²) in [7, 11) is 0. The quantitative estimate of drug-likeness (QED) is 0.670. The van der Waals surface area contributed by atoms with Crippen LogP contribution < -0.4 is 5.32 Å². The molecule has 1 N–H and O–H groups in total. The number of carbonyl (C=O) groups is 1. The molecule has 0 unspecified atom stereocenters. The van der Waals surface area contributed by atoms with Gasteiger partial charge in [0.15, 0.2) is 5.58 Å². The maximum Gasteiger partial charge on any atom is 0.471 e. The van der Waals surface area contributed by atoms with Crippen molar-refractivity contribution in [2.75, 3.05) is 5.32 Å². The van der Waals surface area contributed by atoms with E-state index in [2.05, 4.69) is 4.98 Å². The van der Waals surface area contributed by atoms with Gasteiger partial charge in [-0.3, -0.25) is 4.79 Å². The largest absolute Gasteiger partial charge is 0.471 e. The number of alkyl halides is 3. The summed E-state index contributed by atoms with van der Waals surface area (Å²) in [5.41, 5.74) is 3.30. The number of aromatic nitrogens is 1. The van der Waals surface area contributed by atoms with Crippen molar-refractivity contribution in [1.82, 2.24) is 4.98 Å². The molecule has 0 aliphatic heterocycles. The fourth-order valence-electron chi connectivity index (χ4n) is 2.46. The summed E-state index contributed by atoms with van der Waals surface area (Å²) >= 11 is 6.12. The number of carbonyl (C=O) groups excluding carboxylic acids is 1. The lowest BCUT2D eigenvalue weighted by atomic mass is 10.1. The van der Waals surface area contributed by atoms with E-state index in [-0.39, 0.29) is 22.2 Å². The molecule has 130 valence electrons. The van der Waals surface area contributed by atoms with Crippen molar-refractivity contribution in [3.63, 3.8) is 0 Å². The Morgan fingerprint density at radius 3 is 2.60 bits per heavy atom. The predicted octanol–water partition coefficient (Wildman–Crippen LogP) is 5.27. The number of anilines is 1. The third-order valence-corrected chi connectivity index (χ3v) is 3.86. The van der Waals surface area contributed by atoms with Gasteiger partial charge in [-0.15, -0.1) is 0 Å². The Hall–Kier alpha value is -2.54. The van der Waals surface area contributed by atoms with E-state index in [0.717, 1.165) is 11.1 Å². The zero-order chi connectivity index (χ0) is 18.4. The Kier molecular flexibility index (Phi) is 4.20. The Morgan fingerprint density at radius 2 is 1.92 bits per heavy atom. The van der Waals surface area contributed by atoms with E-state index in [0.29, 0.717) is 11.1 Å². The molecule has 2 aromatic carbocycles. The summed E-state index contributed by atoms with van der Waals surface area (Å²) in [6.07, 6.45) is -4.98. The Balaban J connectivity index is 2.04. The lowest BCUT2D eigenvalue weighted by molar-refractivity contribution is -0.167. The van der Waals surface area contributed by atoms with Crippen LogP contribution in [-0.4, -0.2) is 17.1 Å². The number of nitrogens with zero attached hydrogens (tertiary/aromatic N) is 1. The second kappa shape index (κ2) is 6.07. The second-order valence-electron chi connectivity index (χ2n) is 5.60. The SMILES string of the molecule is Cc1cc(C)c2oc(-c3cc(NC(=O)C(F)(F)F)ccc3Cl)nc2c1. The van der Waals surface area contributed by atoms with Crippen molar-refractivity contribution < 1.29 is 22.4 Å². The highest BCUT2D eigenvalue weighted by Crippen LogP contribution is 2.34. The van der Waals surface area contributed by atoms with E-state index in [9.17, 15) is 18.0 Å². The number of aryl methyl sites for hydroxylation is 2. The van der Waals surface area contributed by atoms with Gasteiger partial charge in [0.2, 0.25) is 5.89 Å². The first-order chi connectivity index (χ1) is 11.6. The molecule has 1 aromatic heterocycles. The highest BCUT2D eigenvalue weighted by molar-refractivity contribution is 6.33. The monoisotopic (exact) mass is 368 g/mol. The van der Waals surface area contributed by atoms with Crippen LogP contribution >= 0.6 is 11.6 Å². The number of halogens is 4. The molecule has 0 aliphatic rings. The van der Waals surface area contributed by atoms with E-state index in [4.69, 9.17) is 16.0 Å². The maximum absolute atomic E-state index is 12.4. The van der Waals surface area contributed by atoms with Crippen LogP contribution in [0.1, 0.15) is 11.1 Å². The number of amides is 1. The smallest absolute Gasteiger partial charge is 0.436 e. The highest BCUT2D eigenvalue weighted by Gasteiger charge is 2.38. The number of nitrogens with one attached hydrogen (secondary N) is 1. The van der Waals surface area contributed by atoms with Gasteiger partial charge in [-0.2, -0.15) is 13.2 Å². The molecule has 0 saturated carbocycles. The number of fused-ring (bicyclic) bond motifs is 1. The van der Waals surface area contributed by atoms with Gasteiger partial charge in [0.1, 0.15) is 5.52 Å². The van der Waals surface area contributed by atoms with Crippen molar-refractivity contribution >= 4 is 34.3 Å². The molecule has 3 rings (SSSR count). The number of benzene rings is 2. The predicted molar refractivity (Wildman–Crippen MR) is 88.6 cm³/mol. The molecule has 8 heteroatoms. The van der Waals surface area contributed by atoms with Gasteiger partial charge >= 0.3 is 12.1 Å². The van der Waals surface area contributed by atoms with Gasteiger partial charge in [0.05, 0.1) is 10.6 Å². The summed E-state index contributed by atoms with van der Waals surface area (Å²) in [4.78, 5) is 15.4. The topological polar surface area (TPSA) is 55.1 Å². The maximum atomic E-state index is 12.4. The van der Waals surface area contributed by atoms with E-state index >= 15 is 0 Å². The van der Waals surface area contributed by atoms with Gasteiger partial charge in [-0.1, -0.05) is 17.7 Å². The van der Waals surface area contributed by atoms with Gasteiger partial charge in [0.25, 0.3) is 0 Å². The van der Waals surface area contributed by atoms with Crippen molar-refractivity contribution in [2.45, 2.75) is 20.0 Å². The summed E-state index contributed by atoms with van der Waals surface area (Å²) in [6.45, 7) is 3.78. The molecule has 0 saturated heterocycles. The number of rotatable bonds is 2. The van der Waals surface area contributed by atoms with Crippen molar-refractivity contribution in [3.05, 3.63) is 46.5 Å². The molecule has 0 bridgehead atoms. The first kappa shape index (κ1) is 17.3. The lowest BCUT2D eigenvalue weighted by Crippen LogP contribution is -2.29. The van der Waals surface area contributed by atoms with E-state index < -0.39 is 12.1 Å². The zero-order valence-corrected chi connectivity index (χ0v) is 13.9. The highest BCUT2D eigenvalue weighted by atomic mass is 35.5. The molecule has 25 heavy (non-hydrogen) atoms. The van der Waals surface area contributed by atoms with Crippen molar-refractivity contribution in [3.8, 4) is 11.5 Å². The third-order valence-electron chi connectivity index (χ3n) is 3.53. The first-order valence-electron chi connectivity index (χ1n) is 7.21. The standard InChI is InChI=1S/C17H12ClF3N2O2/c1-8-5-9(2)14-13(6-8)23-15(25-14)11-7-10(3-4-12(11)18)22-16(24)17(19,20)21/h3-7H,1-2H3,(H,22,24). The third kappa shape index (κ3) is 3.46. The molecule has 0 aliphatic carbocycles. The molecule has 4 nitrogen and oxygen atoms in total. The average molecular weight is 369 g/mol. The minimum Gasteiger partial charge on any atom is -0.436 e. The molecule has 0 radical (unpaired) electrons. The summed E-state index contributed by atoms with van der Waals surface area (Å²) < 4.78 is 42.9. The van der Waals surface area contributed by atoms with Gasteiger partial charge in [0, 0.05) is 5.69 Å². The number of oxazole rings is 1. The fraction of sp³-hybridized carbons (Fsp3) is 0.176. The molecule has 0 spiro atoms. The van der Waals surface area contributed by atoms with Crippen LogP contribution in [0.3, 0.4) is 0 Å². The van der Waals surface area contributed by atoms with Gasteiger partial charge in [-0.25, -0.2) is 4.98 Å². The van der Waals surface area contributed by atoms with E-state index in [1.54, 1.807) is 5.32 Å². The second-order valence-corrected chi connectivity index (χ2v) is 6.00. The number of hydrogen-bond donors (Lipinski definition) is 1. The lowest BCUT2D eigenvalue weighted by Gasteiger charge is -2.09. The zero-order valence-electron chi connectivity index (χ0n) is 13.2. The Bertz CT molecular complexity index is 980. The molecule has 0 atom stereocenters. The summed E-state index contributed by atoms with van der Waals surface area (Å²) in [5.74, 6) is -1.90. The molecular formula is C17H12ClF3N2O2. The minimum atomic E-state index is -4.98. The first-order valence-corrected chi connectivity index (χ1v) is 7.59. The van der Waals surface area contributed by atoms with Crippen LogP contribution in [0.4, 0.5) is 18.9 Å². The minimum absolute atomic E-state index is 0.0584. The van der Waals surface area contributed by atoms with Crippen LogP contribution in [0.2, 0.25) is 5.02 Å². The van der Waals surface area contributed by atoms with Crippen LogP contribution in [0.15, 0.2) is 34.7 Å². The molecule has 0 fully saturated rings. The Labute approximate surface area is 145 Å². The Morgan fingerprint density at radius 1 is 1.20 bits per heavy atom. The van der Waals surface area contributed by atoms with Crippen LogP contribution in [-0.2, 0) is 4.79 Å². The molecular weight excluding hydrogens is 357 g/mol. The normalized spacial score (nSPS) is 11.8. The fourth-order valence-corrected chi connectivity index (χ4v) is 2.66. The number of hydrogen-bond acceptors (Lipinski definition) is 3. The molecule has 1 amide bonds. The van der Waals surface area contributed by atoms with Crippen molar-refractivity contribution in [1.29, 1.82) is 0 Å². The van der Waals surface area contributed by atoms with Crippen LogP contribution in [0, 0.1) is 13.8 Å². The van der Waals surface area contributed by atoms with E-state index in [1.165, 1.54) is 18.2 Å². The van der Waals surface area contributed by atoms with Gasteiger partial charge < -0.3 is 9.73 Å². The van der Waals surface area contributed by atoms with Crippen LogP contribution in [0.25, 0.3) is 22.6 Å². The molecule has 1 heterocycles. The summed E-state index contributed by atoms with van der Waals surface area (Å²) in [5, 5.41) is 2.02. The summed E-state index contributed by atoms with van der Waals surface area (Å²) in [6, 6.07) is 7.69. The van der Waals surface area contributed by atoms with Crippen molar-refractivity contribution in [2.24, 2.45) is 0 Å². The average Bonchev–Trinajstić information content (AvgIpc) is 2.92. The molecule has 3 aromatic rings. The van der Waals surface area contributed by atoms with Gasteiger partial charge in [-0.05, 0) is 49.2 Å².